The Morgan fingerprint density at radius 1 is 1.08 bits per heavy atom. The second-order valence-electron chi connectivity index (χ2n) is 5.94. The molecule has 26 heavy (non-hydrogen) atoms. The van der Waals surface area contributed by atoms with Crippen LogP contribution in [0.4, 0.5) is 5.69 Å². The van der Waals surface area contributed by atoms with E-state index in [1.54, 1.807) is 19.1 Å². The summed E-state index contributed by atoms with van der Waals surface area (Å²) in [6.45, 7) is 3.66. The van der Waals surface area contributed by atoms with Gasteiger partial charge in [-0.05, 0) is 31.5 Å². The minimum absolute atomic E-state index is 0.0805. The third kappa shape index (κ3) is 5.82. The molecule has 0 aliphatic heterocycles. The van der Waals surface area contributed by atoms with E-state index in [4.69, 9.17) is 4.74 Å². The van der Waals surface area contributed by atoms with Crippen LogP contribution in [0, 0.1) is 6.92 Å². The Hall–Kier alpha value is -2.99. The Bertz CT molecular complexity index is 771. The molecular weight excluding hydrogens is 330 g/mol. The second kappa shape index (κ2) is 9.48. The summed E-state index contributed by atoms with van der Waals surface area (Å²) in [6, 6.07) is 16.7. The lowest BCUT2D eigenvalue weighted by molar-refractivity contribution is -0.131. The van der Waals surface area contributed by atoms with Gasteiger partial charge in [-0.2, -0.15) is 5.10 Å². The molecule has 0 fully saturated rings. The second-order valence-corrected chi connectivity index (χ2v) is 5.94. The van der Waals surface area contributed by atoms with Gasteiger partial charge in [-0.3, -0.25) is 9.59 Å². The predicted octanol–water partition coefficient (Wildman–Crippen LogP) is 3.20. The molecule has 2 N–H and O–H groups in total. The number of hydrogen-bond donors (Lipinski definition) is 2. The van der Waals surface area contributed by atoms with Gasteiger partial charge in [0.15, 0.2) is 6.10 Å². The fourth-order valence-corrected chi connectivity index (χ4v) is 2.35. The van der Waals surface area contributed by atoms with Crippen LogP contribution in [-0.2, 0) is 14.3 Å². The van der Waals surface area contributed by atoms with Crippen LogP contribution in [-0.4, -0.2) is 24.6 Å². The summed E-state index contributed by atoms with van der Waals surface area (Å²) in [5.41, 5.74) is 5.52. The third-order valence-electron chi connectivity index (χ3n) is 3.68. The molecule has 0 aliphatic carbocycles. The SMILES string of the molecule is COC(C(=O)N/N=C(\C)CC(=O)Nc1ccc(C)cc1)c1ccccc1. The number of hydrogen-bond acceptors (Lipinski definition) is 4. The van der Waals surface area contributed by atoms with Crippen LogP contribution in [0.1, 0.15) is 30.6 Å². The van der Waals surface area contributed by atoms with Crippen molar-refractivity contribution in [1.82, 2.24) is 5.43 Å². The van der Waals surface area contributed by atoms with Crippen LogP contribution in [0.15, 0.2) is 59.7 Å². The van der Waals surface area contributed by atoms with E-state index < -0.39 is 12.0 Å². The number of nitrogens with one attached hydrogen (secondary N) is 2. The van der Waals surface area contributed by atoms with E-state index in [0.29, 0.717) is 5.71 Å². The van der Waals surface area contributed by atoms with Crippen LogP contribution in [0.2, 0.25) is 0 Å². The van der Waals surface area contributed by atoms with Gasteiger partial charge in [0, 0.05) is 18.5 Å². The van der Waals surface area contributed by atoms with Crippen molar-refractivity contribution in [3.8, 4) is 0 Å². The summed E-state index contributed by atoms with van der Waals surface area (Å²) in [7, 11) is 1.46. The van der Waals surface area contributed by atoms with Crippen molar-refractivity contribution in [3.05, 3.63) is 65.7 Å². The molecule has 0 aliphatic rings. The highest BCUT2D eigenvalue weighted by atomic mass is 16.5. The first kappa shape index (κ1) is 19.3. The zero-order chi connectivity index (χ0) is 18.9. The highest BCUT2D eigenvalue weighted by molar-refractivity contribution is 6.05. The lowest BCUT2D eigenvalue weighted by Crippen LogP contribution is -2.28. The van der Waals surface area contributed by atoms with Gasteiger partial charge >= 0.3 is 0 Å². The minimum atomic E-state index is -0.755. The fourth-order valence-electron chi connectivity index (χ4n) is 2.35. The van der Waals surface area contributed by atoms with Gasteiger partial charge in [0.1, 0.15) is 0 Å². The zero-order valence-corrected chi connectivity index (χ0v) is 15.2. The number of methoxy groups -OCH3 is 1. The molecular formula is C20H23N3O3. The van der Waals surface area contributed by atoms with Crippen molar-refractivity contribution < 1.29 is 14.3 Å². The summed E-state index contributed by atoms with van der Waals surface area (Å²) in [5.74, 6) is -0.590. The number of amides is 2. The quantitative estimate of drug-likeness (QED) is 0.592. The lowest BCUT2D eigenvalue weighted by atomic mass is 10.1. The van der Waals surface area contributed by atoms with Crippen LogP contribution in [0.3, 0.4) is 0 Å². The van der Waals surface area contributed by atoms with Crippen molar-refractivity contribution in [2.75, 3.05) is 12.4 Å². The van der Waals surface area contributed by atoms with Crippen molar-refractivity contribution in [1.29, 1.82) is 0 Å². The topological polar surface area (TPSA) is 79.8 Å². The minimum Gasteiger partial charge on any atom is -0.367 e. The number of carbonyl (C=O) groups is 2. The van der Waals surface area contributed by atoms with E-state index in [1.807, 2.05) is 49.4 Å². The Balaban J connectivity index is 1.89. The summed E-state index contributed by atoms with van der Waals surface area (Å²) in [4.78, 5) is 24.3. The molecule has 0 bridgehead atoms. The van der Waals surface area contributed by atoms with E-state index in [-0.39, 0.29) is 12.3 Å². The first-order valence-electron chi connectivity index (χ1n) is 8.27. The largest absolute Gasteiger partial charge is 0.367 e. The molecule has 6 nitrogen and oxygen atoms in total. The molecule has 0 heterocycles. The van der Waals surface area contributed by atoms with Gasteiger partial charge in [-0.1, -0.05) is 48.0 Å². The average molecular weight is 353 g/mol. The molecule has 0 radical (unpaired) electrons. The molecule has 2 aromatic carbocycles. The number of nitrogens with zero attached hydrogens (tertiary/aromatic N) is 1. The first-order valence-corrected chi connectivity index (χ1v) is 8.27. The highest BCUT2D eigenvalue weighted by Crippen LogP contribution is 2.16. The van der Waals surface area contributed by atoms with Crippen LogP contribution < -0.4 is 10.7 Å². The van der Waals surface area contributed by atoms with Crippen LogP contribution >= 0.6 is 0 Å². The van der Waals surface area contributed by atoms with E-state index in [1.165, 1.54) is 7.11 Å². The van der Waals surface area contributed by atoms with Gasteiger partial charge in [0.2, 0.25) is 5.91 Å². The summed E-state index contributed by atoms with van der Waals surface area (Å²) in [5, 5.41) is 6.78. The number of aryl methyl sites for hydroxylation is 1. The summed E-state index contributed by atoms with van der Waals surface area (Å²) < 4.78 is 5.24. The standard InChI is InChI=1S/C20H23N3O3/c1-14-9-11-17(12-10-14)21-18(24)13-15(2)22-23-20(25)19(26-3)16-7-5-4-6-8-16/h4-12,19H,13H2,1-3H3,(H,21,24)(H,23,25)/b22-15+. The zero-order valence-electron chi connectivity index (χ0n) is 15.2. The van der Waals surface area contributed by atoms with E-state index in [0.717, 1.165) is 16.8 Å². The molecule has 2 rings (SSSR count). The summed E-state index contributed by atoms with van der Waals surface area (Å²) >= 11 is 0. The number of carbonyl (C=O) groups excluding carboxylic acids is 2. The molecule has 2 aromatic rings. The molecule has 0 spiro atoms. The maximum Gasteiger partial charge on any atom is 0.273 e. The molecule has 2 amide bonds. The Morgan fingerprint density at radius 3 is 2.35 bits per heavy atom. The Morgan fingerprint density at radius 2 is 1.73 bits per heavy atom. The van der Waals surface area contributed by atoms with Crippen LogP contribution in [0.5, 0.6) is 0 Å². The van der Waals surface area contributed by atoms with Gasteiger partial charge < -0.3 is 10.1 Å². The first-order chi connectivity index (χ1) is 12.5. The summed E-state index contributed by atoms with van der Waals surface area (Å²) in [6.07, 6.45) is -0.675. The van der Waals surface area contributed by atoms with Gasteiger partial charge in [0.25, 0.3) is 5.91 Å². The molecule has 0 aromatic heterocycles. The van der Waals surface area contributed by atoms with Gasteiger partial charge in [-0.15, -0.1) is 0 Å². The maximum absolute atomic E-state index is 12.2. The maximum atomic E-state index is 12.2. The Labute approximate surface area is 153 Å². The van der Waals surface area contributed by atoms with Gasteiger partial charge in [-0.25, -0.2) is 5.43 Å². The molecule has 0 saturated carbocycles. The number of ether oxygens (including phenoxy) is 1. The normalized spacial score (nSPS) is 12.3. The predicted molar refractivity (Wildman–Crippen MR) is 102 cm³/mol. The van der Waals surface area contributed by atoms with Gasteiger partial charge in [0.05, 0.1) is 6.42 Å². The molecule has 0 saturated heterocycles. The number of benzene rings is 2. The molecule has 6 heteroatoms. The van der Waals surface area contributed by atoms with E-state index >= 15 is 0 Å². The fraction of sp³-hybridized carbons (Fsp3) is 0.250. The highest BCUT2D eigenvalue weighted by Gasteiger charge is 2.19. The van der Waals surface area contributed by atoms with Crippen molar-refractivity contribution in [2.24, 2.45) is 5.10 Å². The van der Waals surface area contributed by atoms with Crippen molar-refractivity contribution >= 4 is 23.2 Å². The third-order valence-corrected chi connectivity index (χ3v) is 3.68. The monoisotopic (exact) mass is 353 g/mol. The van der Waals surface area contributed by atoms with Crippen molar-refractivity contribution in [3.63, 3.8) is 0 Å². The number of anilines is 1. The number of rotatable bonds is 7. The average Bonchev–Trinajstić information content (AvgIpc) is 2.63. The molecule has 1 atom stereocenters. The molecule has 136 valence electrons. The Kier molecular flexibility index (Phi) is 7.05. The number of hydrazone groups is 1. The smallest absolute Gasteiger partial charge is 0.273 e. The van der Waals surface area contributed by atoms with Crippen LogP contribution in [0.25, 0.3) is 0 Å². The molecule has 1 unspecified atom stereocenters. The lowest BCUT2D eigenvalue weighted by Gasteiger charge is -2.14. The van der Waals surface area contributed by atoms with E-state index in [9.17, 15) is 9.59 Å². The van der Waals surface area contributed by atoms with E-state index in [2.05, 4.69) is 15.8 Å². The van der Waals surface area contributed by atoms with Crippen molar-refractivity contribution in [2.45, 2.75) is 26.4 Å².